The molecule has 2 aliphatic rings. The number of hydrogen-bond donors (Lipinski definition) is 2. The Labute approximate surface area is 192 Å². The van der Waals surface area contributed by atoms with Gasteiger partial charge >= 0.3 is 6.09 Å². The molecule has 0 radical (unpaired) electrons. The lowest BCUT2D eigenvalue weighted by atomic mass is 9.76. The van der Waals surface area contributed by atoms with Crippen molar-refractivity contribution in [1.29, 1.82) is 0 Å². The molecule has 7 heteroatoms. The van der Waals surface area contributed by atoms with Crippen LogP contribution in [0.1, 0.15) is 61.9 Å². The fraction of sp³-hybridized carbons (Fsp3) is 0.417. The molecule has 1 aromatic heterocycles. The zero-order valence-electron chi connectivity index (χ0n) is 18.3. The molecule has 1 unspecified atom stereocenters. The molecule has 4 rings (SSSR count). The van der Waals surface area contributed by atoms with Crippen LogP contribution in [0.2, 0.25) is 0 Å². The Balaban J connectivity index is 0.00000132. The van der Waals surface area contributed by atoms with E-state index in [1.165, 1.54) is 0 Å². The topological polar surface area (TPSA) is 88.7 Å². The number of nitrogens with zero attached hydrogens (tertiary/aromatic N) is 2. The van der Waals surface area contributed by atoms with Crippen molar-refractivity contribution in [3.8, 4) is 5.75 Å². The van der Waals surface area contributed by atoms with Crippen molar-refractivity contribution >= 4 is 33.8 Å². The molecular weight excluding hydrogens is 458 g/mol. The highest BCUT2D eigenvalue weighted by molar-refractivity contribution is 9.10. The number of likely N-dealkylation sites (tertiary alicyclic amines) is 1. The summed E-state index contributed by atoms with van der Waals surface area (Å²) in [5, 5.41) is 10.0. The number of nitrogens with two attached hydrogens (primary N) is 1. The largest absolute Gasteiger partial charge is 0.508 e. The Kier molecular flexibility index (Phi) is 7.59. The molecular formula is C24H30BrN3O3. The molecule has 1 atom stereocenters. The standard InChI is InChI=1S/C22H24BrN3O3.C2H6/c1-2-29-22(28)26-7-5-13(6-8-26)20-17-4-3-16(27)11-18(17)19(24)10-14-9-15(23)12-25-21(14)20;1-2/h3-4,9-13,20,27H,2,5-8,24H2,1H3;1-2H3. The van der Waals surface area contributed by atoms with E-state index in [1.54, 1.807) is 17.0 Å². The molecule has 0 spiro atoms. The van der Waals surface area contributed by atoms with Crippen LogP contribution in [0.25, 0.3) is 11.8 Å². The molecule has 1 aromatic carbocycles. The summed E-state index contributed by atoms with van der Waals surface area (Å²) in [6.45, 7) is 7.51. The molecule has 166 valence electrons. The number of phenols is 1. The monoisotopic (exact) mass is 487 g/mol. The average molecular weight is 488 g/mol. The number of carbonyl (C=O) groups is 1. The number of carbonyl (C=O) groups excluding carboxylic acids is 1. The van der Waals surface area contributed by atoms with Crippen molar-refractivity contribution < 1.29 is 14.6 Å². The minimum absolute atomic E-state index is 0.0374. The van der Waals surface area contributed by atoms with Gasteiger partial charge in [0.1, 0.15) is 5.75 Å². The van der Waals surface area contributed by atoms with Gasteiger partial charge in [0.15, 0.2) is 0 Å². The van der Waals surface area contributed by atoms with E-state index in [2.05, 4.69) is 15.9 Å². The molecule has 6 nitrogen and oxygen atoms in total. The van der Waals surface area contributed by atoms with Crippen molar-refractivity contribution in [2.45, 2.75) is 39.5 Å². The maximum absolute atomic E-state index is 12.1. The normalized spacial score (nSPS) is 18.0. The number of rotatable bonds is 2. The Morgan fingerprint density at radius 3 is 2.68 bits per heavy atom. The molecule has 1 aliphatic carbocycles. The van der Waals surface area contributed by atoms with Gasteiger partial charge in [-0.25, -0.2) is 4.79 Å². The number of amides is 1. The third kappa shape index (κ3) is 4.87. The molecule has 0 saturated carbocycles. The first kappa shape index (κ1) is 23.1. The molecule has 1 aliphatic heterocycles. The summed E-state index contributed by atoms with van der Waals surface area (Å²) in [7, 11) is 0. The summed E-state index contributed by atoms with van der Waals surface area (Å²) in [5.41, 5.74) is 10.9. The third-order valence-corrected chi connectivity index (χ3v) is 6.18. The van der Waals surface area contributed by atoms with Crippen molar-refractivity contribution in [1.82, 2.24) is 9.88 Å². The number of aromatic hydroxyl groups is 1. The average Bonchev–Trinajstić information content (AvgIpc) is 2.89. The predicted octanol–water partition coefficient (Wildman–Crippen LogP) is 5.35. The van der Waals surface area contributed by atoms with Crippen LogP contribution >= 0.6 is 15.9 Å². The summed E-state index contributed by atoms with van der Waals surface area (Å²) in [6, 6.07) is 7.41. The maximum Gasteiger partial charge on any atom is 0.409 e. The van der Waals surface area contributed by atoms with Gasteiger partial charge in [0, 0.05) is 40.9 Å². The Bertz CT molecular complexity index is 969. The molecule has 31 heavy (non-hydrogen) atoms. The van der Waals surface area contributed by atoms with E-state index in [-0.39, 0.29) is 17.8 Å². The van der Waals surface area contributed by atoms with Crippen LogP contribution in [-0.2, 0) is 4.74 Å². The van der Waals surface area contributed by atoms with Crippen LogP contribution in [0.15, 0.2) is 34.9 Å². The second-order valence-corrected chi connectivity index (χ2v) is 8.42. The van der Waals surface area contributed by atoms with Crippen LogP contribution in [-0.4, -0.2) is 40.8 Å². The Morgan fingerprint density at radius 1 is 1.29 bits per heavy atom. The van der Waals surface area contributed by atoms with Gasteiger partial charge in [-0.2, -0.15) is 0 Å². The lowest BCUT2D eigenvalue weighted by Crippen LogP contribution is -2.40. The number of ether oxygens (including phenoxy) is 1. The zero-order chi connectivity index (χ0) is 22.5. The van der Waals surface area contributed by atoms with Gasteiger partial charge in [-0.15, -0.1) is 0 Å². The van der Waals surface area contributed by atoms with E-state index < -0.39 is 0 Å². The summed E-state index contributed by atoms with van der Waals surface area (Å²) < 4.78 is 6.05. The Hall–Kier alpha value is -2.54. The maximum atomic E-state index is 12.1. The summed E-state index contributed by atoms with van der Waals surface area (Å²) in [4.78, 5) is 18.6. The lowest BCUT2D eigenvalue weighted by Gasteiger charge is -2.36. The quantitative estimate of drug-likeness (QED) is 0.595. The first-order valence-corrected chi connectivity index (χ1v) is 11.6. The van der Waals surface area contributed by atoms with Gasteiger partial charge < -0.3 is 20.5 Å². The number of aromatic nitrogens is 1. The van der Waals surface area contributed by atoms with Gasteiger partial charge in [0.05, 0.1) is 12.3 Å². The Morgan fingerprint density at radius 2 is 2.00 bits per heavy atom. The van der Waals surface area contributed by atoms with Gasteiger partial charge in [0.25, 0.3) is 0 Å². The summed E-state index contributed by atoms with van der Waals surface area (Å²) >= 11 is 3.51. The van der Waals surface area contributed by atoms with E-state index in [0.717, 1.165) is 39.7 Å². The molecule has 1 fully saturated rings. The lowest BCUT2D eigenvalue weighted by molar-refractivity contribution is 0.0900. The van der Waals surface area contributed by atoms with Crippen LogP contribution in [0.4, 0.5) is 4.79 Å². The number of hydrogen-bond acceptors (Lipinski definition) is 5. The third-order valence-electron chi connectivity index (χ3n) is 5.74. The fourth-order valence-corrected chi connectivity index (χ4v) is 4.76. The highest BCUT2D eigenvalue weighted by Crippen LogP contribution is 2.44. The van der Waals surface area contributed by atoms with Crippen LogP contribution < -0.4 is 5.73 Å². The minimum Gasteiger partial charge on any atom is -0.508 e. The van der Waals surface area contributed by atoms with E-state index in [9.17, 15) is 9.90 Å². The highest BCUT2D eigenvalue weighted by atomic mass is 79.9. The van der Waals surface area contributed by atoms with Crippen molar-refractivity contribution in [3.63, 3.8) is 0 Å². The van der Waals surface area contributed by atoms with Crippen LogP contribution in [0, 0.1) is 5.92 Å². The van der Waals surface area contributed by atoms with Crippen molar-refractivity contribution in [3.05, 3.63) is 57.3 Å². The fourth-order valence-electron chi connectivity index (χ4n) is 4.41. The molecule has 0 bridgehead atoms. The number of fused-ring (bicyclic) bond motifs is 2. The molecule has 1 amide bonds. The number of pyridine rings is 1. The second-order valence-electron chi connectivity index (χ2n) is 7.50. The summed E-state index contributed by atoms with van der Waals surface area (Å²) in [6.07, 6.45) is 5.20. The van der Waals surface area contributed by atoms with E-state index in [4.69, 9.17) is 15.5 Å². The molecule has 3 N–H and O–H groups in total. The zero-order valence-corrected chi connectivity index (χ0v) is 19.9. The highest BCUT2D eigenvalue weighted by Gasteiger charge is 2.35. The summed E-state index contributed by atoms with van der Waals surface area (Å²) in [5.74, 6) is 0.530. The van der Waals surface area contributed by atoms with E-state index in [0.29, 0.717) is 31.3 Å². The van der Waals surface area contributed by atoms with Gasteiger partial charge in [0.2, 0.25) is 0 Å². The predicted molar refractivity (Wildman–Crippen MR) is 127 cm³/mol. The van der Waals surface area contributed by atoms with E-state index in [1.807, 2.05) is 45.2 Å². The van der Waals surface area contributed by atoms with Gasteiger partial charge in [-0.05, 0) is 77.0 Å². The molecule has 2 heterocycles. The van der Waals surface area contributed by atoms with Crippen LogP contribution in [0.5, 0.6) is 5.75 Å². The van der Waals surface area contributed by atoms with Crippen molar-refractivity contribution in [2.75, 3.05) is 19.7 Å². The number of benzene rings is 1. The van der Waals surface area contributed by atoms with Gasteiger partial charge in [-0.3, -0.25) is 4.98 Å². The minimum atomic E-state index is -0.245. The molecule has 2 aromatic rings. The molecule has 1 saturated heterocycles. The number of phenolic OH excluding ortho intramolecular Hbond substituents is 1. The van der Waals surface area contributed by atoms with E-state index >= 15 is 0 Å². The second kappa shape index (κ2) is 10.2. The van der Waals surface area contributed by atoms with Gasteiger partial charge in [-0.1, -0.05) is 19.9 Å². The number of piperidine rings is 1. The van der Waals surface area contributed by atoms with Crippen molar-refractivity contribution in [2.24, 2.45) is 11.7 Å². The first-order valence-electron chi connectivity index (χ1n) is 10.9. The number of halogens is 1. The smallest absolute Gasteiger partial charge is 0.409 e. The SMILES string of the molecule is CC.CCOC(=O)N1CCC(C2c3ccc(O)cc3C(N)=Cc3cc(Br)cnc32)CC1. The first-order chi connectivity index (χ1) is 15.0. The van der Waals surface area contributed by atoms with Crippen LogP contribution in [0.3, 0.4) is 0 Å².